The summed E-state index contributed by atoms with van der Waals surface area (Å²) in [5.41, 5.74) is 2.47. The molecule has 5 heterocycles. The summed E-state index contributed by atoms with van der Waals surface area (Å²) in [6.07, 6.45) is 4.52. The summed E-state index contributed by atoms with van der Waals surface area (Å²) in [6.45, 7) is 7.10. The molecule has 4 nitrogen and oxygen atoms in total. The molecule has 7 rings (SSSR count). The first kappa shape index (κ1) is 16.6. The molecule has 1 aromatic rings. The molecule has 5 fully saturated rings. The topological polar surface area (TPSA) is 43.7 Å². The number of aliphatic hydroxyl groups excluding tert-OH is 2. The number of anilines is 1. The molecule has 1 unspecified atom stereocenters. The summed E-state index contributed by atoms with van der Waals surface area (Å²) >= 11 is 0. The Hall–Kier alpha value is -1.36. The molecule has 5 bridgehead atoms. The Morgan fingerprint density at radius 2 is 2.07 bits per heavy atom. The van der Waals surface area contributed by atoms with Crippen molar-refractivity contribution in [3.8, 4) is 0 Å². The maximum atomic E-state index is 11.9. The summed E-state index contributed by atoms with van der Waals surface area (Å²) in [4.78, 5) is 2.44. The van der Waals surface area contributed by atoms with Crippen molar-refractivity contribution in [2.75, 3.05) is 18.5 Å². The van der Waals surface area contributed by atoms with E-state index in [-0.39, 0.29) is 23.8 Å². The molecule has 0 aromatic heterocycles. The van der Waals surface area contributed by atoms with Crippen LogP contribution >= 0.6 is 0 Å². The highest BCUT2D eigenvalue weighted by atomic mass is 16.3. The van der Waals surface area contributed by atoms with Gasteiger partial charge in [0.2, 0.25) is 0 Å². The second-order valence-electron chi connectivity index (χ2n) is 9.83. The van der Waals surface area contributed by atoms with Gasteiger partial charge in [-0.25, -0.2) is 0 Å². The van der Waals surface area contributed by atoms with Crippen LogP contribution in [0.4, 0.5) is 5.69 Å². The Morgan fingerprint density at radius 1 is 1.30 bits per heavy atom. The number of rotatable bonds is 3. The van der Waals surface area contributed by atoms with Crippen LogP contribution in [0.5, 0.6) is 0 Å². The largest absolute Gasteiger partial charge is 0.392 e. The molecule has 10 atom stereocenters. The van der Waals surface area contributed by atoms with Crippen molar-refractivity contribution in [2.24, 2.45) is 17.8 Å². The van der Waals surface area contributed by atoms with Gasteiger partial charge >= 0.3 is 0 Å². The van der Waals surface area contributed by atoms with Crippen molar-refractivity contribution in [1.29, 1.82) is 0 Å². The van der Waals surface area contributed by atoms with Crippen molar-refractivity contribution in [1.82, 2.24) is 0 Å². The minimum Gasteiger partial charge on any atom is -0.392 e. The molecular formula is C23H31N2O2+. The minimum atomic E-state index is -0.321. The molecule has 6 aliphatic rings. The highest BCUT2D eigenvalue weighted by molar-refractivity contribution is 5.66. The van der Waals surface area contributed by atoms with Crippen LogP contribution in [0, 0.1) is 17.8 Å². The molecule has 4 heteroatoms. The van der Waals surface area contributed by atoms with Gasteiger partial charge in [-0.05, 0) is 30.0 Å². The molecule has 1 aromatic carbocycles. The van der Waals surface area contributed by atoms with Crippen molar-refractivity contribution in [2.45, 2.75) is 62.1 Å². The van der Waals surface area contributed by atoms with Gasteiger partial charge in [0.1, 0.15) is 6.04 Å². The lowest BCUT2D eigenvalue weighted by Crippen LogP contribution is -2.82. The number of hydrogen-bond donors (Lipinski definition) is 2. The van der Waals surface area contributed by atoms with Gasteiger partial charge in [0.05, 0.1) is 30.1 Å². The number of nitrogens with zero attached hydrogens (tertiary/aromatic N) is 2. The molecule has 4 saturated heterocycles. The van der Waals surface area contributed by atoms with E-state index in [1.165, 1.54) is 11.3 Å². The number of hydrogen-bond acceptors (Lipinski definition) is 3. The third kappa shape index (κ3) is 1.47. The number of likely N-dealkylation sites (N-methyl/N-ethyl adjacent to an activating group) is 1. The first-order chi connectivity index (χ1) is 13.0. The zero-order chi connectivity index (χ0) is 18.7. The summed E-state index contributed by atoms with van der Waals surface area (Å²) in [7, 11) is 2.21. The molecule has 2 N–H and O–H groups in total. The second-order valence-corrected chi connectivity index (χ2v) is 9.83. The van der Waals surface area contributed by atoms with Crippen molar-refractivity contribution < 1.29 is 14.7 Å². The van der Waals surface area contributed by atoms with E-state index in [2.05, 4.69) is 49.7 Å². The smallest absolute Gasteiger partial charge is 0.194 e. The van der Waals surface area contributed by atoms with Crippen molar-refractivity contribution in [3.05, 3.63) is 42.5 Å². The van der Waals surface area contributed by atoms with Gasteiger partial charge in [-0.2, -0.15) is 0 Å². The van der Waals surface area contributed by atoms with Crippen LogP contribution in [0.15, 0.2) is 36.9 Å². The average molecular weight is 368 g/mol. The third-order valence-corrected chi connectivity index (χ3v) is 9.56. The van der Waals surface area contributed by atoms with Crippen molar-refractivity contribution >= 4 is 5.69 Å². The third-order valence-electron chi connectivity index (χ3n) is 9.56. The molecule has 27 heavy (non-hydrogen) atoms. The molecule has 1 spiro atoms. The van der Waals surface area contributed by atoms with Crippen LogP contribution in [0.2, 0.25) is 0 Å². The fourth-order valence-electron chi connectivity index (χ4n) is 8.98. The van der Waals surface area contributed by atoms with Gasteiger partial charge < -0.3 is 15.1 Å². The highest BCUT2D eigenvalue weighted by Crippen LogP contribution is 2.71. The van der Waals surface area contributed by atoms with E-state index in [9.17, 15) is 10.2 Å². The zero-order valence-electron chi connectivity index (χ0n) is 16.3. The van der Waals surface area contributed by atoms with E-state index in [1.807, 2.05) is 6.08 Å². The molecule has 0 radical (unpaired) electrons. The van der Waals surface area contributed by atoms with E-state index in [4.69, 9.17) is 0 Å². The Kier molecular flexibility index (Phi) is 3.05. The van der Waals surface area contributed by atoms with Crippen LogP contribution in [0.1, 0.15) is 31.7 Å². The van der Waals surface area contributed by atoms with E-state index in [1.54, 1.807) is 0 Å². The maximum absolute atomic E-state index is 11.9. The fourth-order valence-corrected chi connectivity index (χ4v) is 8.98. The van der Waals surface area contributed by atoms with Gasteiger partial charge in [-0.1, -0.05) is 31.7 Å². The zero-order valence-corrected chi connectivity index (χ0v) is 16.3. The lowest BCUT2D eigenvalue weighted by atomic mass is 9.60. The van der Waals surface area contributed by atoms with E-state index < -0.39 is 0 Å². The summed E-state index contributed by atoms with van der Waals surface area (Å²) in [5, 5.41) is 23.5. The standard InChI is InChI=1S/C23H31N2O2/c1-4-10-25-17-11-14(13(5-2)22(25)27)19-18(25)12-23(21(19)26)15-8-6-7-9-16(15)24(3)20(17)23/h4,6-9,13-14,17-22,26-27H,1,5,10-12H2,2-3H3/q+1/t13-,14+,17+,18-,19+,20+,21-,22+,23+,25?/m0/s1. The molecule has 5 aliphatic heterocycles. The summed E-state index contributed by atoms with van der Waals surface area (Å²) in [6, 6.07) is 9.71. The van der Waals surface area contributed by atoms with Gasteiger partial charge in [-0.3, -0.25) is 4.48 Å². The normalized spacial score (nSPS) is 53.6. The van der Waals surface area contributed by atoms with Crippen LogP contribution in [0.25, 0.3) is 0 Å². The second kappa shape index (κ2) is 4.97. The molecule has 144 valence electrons. The van der Waals surface area contributed by atoms with E-state index in [0.29, 0.717) is 29.8 Å². The van der Waals surface area contributed by atoms with Crippen LogP contribution < -0.4 is 4.90 Å². The van der Waals surface area contributed by atoms with Crippen LogP contribution in [-0.4, -0.2) is 58.7 Å². The molecule has 1 aliphatic carbocycles. The summed E-state index contributed by atoms with van der Waals surface area (Å²) < 4.78 is 0.755. The lowest BCUT2D eigenvalue weighted by molar-refractivity contribution is -1.03. The molecular weight excluding hydrogens is 336 g/mol. The fraction of sp³-hybridized carbons (Fsp3) is 0.652. The number of aliphatic hydroxyl groups is 2. The monoisotopic (exact) mass is 367 g/mol. The number of quaternary nitrogens is 1. The number of fused-ring (bicyclic) bond motifs is 2. The first-order valence-corrected chi connectivity index (χ1v) is 10.7. The lowest BCUT2D eigenvalue weighted by Gasteiger charge is -2.67. The SMILES string of the molecule is C=CC[N+]12[C@H](O)[C@@H](CC)[C@H]3C[C@@H]1[C@H]1N(C)c4ccccc4[C@]14C[C@H]2[C@@H]3[C@@H]4O. The van der Waals surface area contributed by atoms with E-state index >= 15 is 0 Å². The predicted molar refractivity (Wildman–Crippen MR) is 105 cm³/mol. The number of benzene rings is 1. The Bertz CT molecular complexity index is 826. The van der Waals surface area contributed by atoms with Gasteiger partial charge in [0, 0.05) is 37.4 Å². The molecule has 1 saturated carbocycles. The van der Waals surface area contributed by atoms with Gasteiger partial charge in [-0.15, -0.1) is 0 Å². The van der Waals surface area contributed by atoms with Crippen LogP contribution in [0.3, 0.4) is 0 Å². The maximum Gasteiger partial charge on any atom is 0.194 e. The molecule has 0 amide bonds. The summed E-state index contributed by atoms with van der Waals surface area (Å²) in [5.74, 6) is 1.05. The highest BCUT2D eigenvalue weighted by Gasteiger charge is 2.82. The first-order valence-electron chi connectivity index (χ1n) is 10.7. The van der Waals surface area contributed by atoms with Crippen LogP contribution in [-0.2, 0) is 5.41 Å². The Labute approximate surface area is 161 Å². The number of piperidine rings is 4. The van der Waals surface area contributed by atoms with Crippen molar-refractivity contribution in [3.63, 3.8) is 0 Å². The predicted octanol–water partition coefficient (Wildman–Crippen LogP) is 2.26. The van der Waals surface area contributed by atoms with E-state index in [0.717, 1.165) is 30.3 Å². The number of para-hydroxylation sites is 1. The average Bonchev–Trinajstić information content (AvgIpc) is 3.06. The van der Waals surface area contributed by atoms with Gasteiger partial charge in [0.25, 0.3) is 0 Å². The Morgan fingerprint density at radius 3 is 2.81 bits per heavy atom. The quantitative estimate of drug-likeness (QED) is 0.636. The minimum absolute atomic E-state index is 0.161. The van der Waals surface area contributed by atoms with Gasteiger partial charge in [0.15, 0.2) is 6.23 Å². The Balaban J connectivity index is 1.63.